The summed E-state index contributed by atoms with van der Waals surface area (Å²) in [5, 5.41) is 19.0. The third-order valence-electron chi connectivity index (χ3n) is 4.20. The van der Waals surface area contributed by atoms with Crippen LogP contribution in [0, 0.1) is 6.92 Å². The van der Waals surface area contributed by atoms with Crippen LogP contribution in [0.2, 0.25) is 0 Å². The van der Waals surface area contributed by atoms with Crippen molar-refractivity contribution >= 4 is 21.6 Å². The summed E-state index contributed by atoms with van der Waals surface area (Å²) >= 11 is 0. The predicted octanol–water partition coefficient (Wildman–Crippen LogP) is 2.72. The number of nitrogens with one attached hydrogen (secondary N) is 1. The van der Waals surface area contributed by atoms with E-state index in [0.29, 0.717) is 5.56 Å². The third-order valence-corrected chi connectivity index (χ3v) is 5.99. The number of aromatic nitrogens is 1. The van der Waals surface area contributed by atoms with Gasteiger partial charge < -0.3 is 15.2 Å². The molecule has 0 radical (unpaired) electrons. The first-order valence-electron chi connectivity index (χ1n) is 8.27. The number of carbonyl (C=O) groups is 2. The molecule has 0 saturated heterocycles. The quantitative estimate of drug-likeness (QED) is 0.548. The maximum atomic E-state index is 13.0. The number of ketones is 1. The van der Waals surface area contributed by atoms with E-state index in [0.717, 1.165) is 5.56 Å². The average molecular weight is 399 g/mol. The molecule has 3 N–H and O–H groups in total. The molecule has 0 atom stereocenters. The Bertz CT molecular complexity index is 1180. The number of hydrogen-bond donors (Lipinski definition) is 3. The van der Waals surface area contributed by atoms with Gasteiger partial charge in [-0.1, -0.05) is 18.2 Å². The van der Waals surface area contributed by atoms with Crippen molar-refractivity contribution in [1.29, 1.82) is 0 Å². The molecule has 7 nitrogen and oxygen atoms in total. The lowest BCUT2D eigenvalue weighted by Crippen LogP contribution is -2.10. The highest BCUT2D eigenvalue weighted by molar-refractivity contribution is 7.91. The van der Waals surface area contributed by atoms with E-state index in [1.165, 1.54) is 42.7 Å². The number of sulfone groups is 1. The standard InChI is InChI=1S/C20H17NO6S/c1-12-3-2-4-14(7-12)28(26,27)18-11-21-10-16(18)20(25)15-8-13(9-19(23)24)5-6-17(15)22/h2-8,10-11,21-22H,9H2,1H3,(H,23,24). The molecule has 0 spiro atoms. The molecule has 0 fully saturated rings. The van der Waals surface area contributed by atoms with Crippen LogP contribution in [0.3, 0.4) is 0 Å². The Kier molecular flexibility index (Phi) is 5.06. The largest absolute Gasteiger partial charge is 0.507 e. The minimum absolute atomic E-state index is 0.0463. The number of hydrogen-bond acceptors (Lipinski definition) is 5. The highest BCUT2D eigenvalue weighted by Gasteiger charge is 2.27. The maximum Gasteiger partial charge on any atom is 0.307 e. The predicted molar refractivity (Wildman–Crippen MR) is 100 cm³/mol. The average Bonchev–Trinajstić information content (AvgIpc) is 3.13. The number of benzene rings is 2. The monoisotopic (exact) mass is 399 g/mol. The van der Waals surface area contributed by atoms with E-state index in [1.54, 1.807) is 19.1 Å². The van der Waals surface area contributed by atoms with Crippen molar-refractivity contribution in [3.05, 3.63) is 77.1 Å². The molecule has 0 saturated carbocycles. The van der Waals surface area contributed by atoms with E-state index in [1.807, 2.05) is 0 Å². The van der Waals surface area contributed by atoms with Crippen molar-refractivity contribution < 1.29 is 28.2 Å². The molecule has 28 heavy (non-hydrogen) atoms. The van der Waals surface area contributed by atoms with Crippen molar-refractivity contribution in [3.8, 4) is 5.75 Å². The second kappa shape index (κ2) is 7.32. The van der Waals surface area contributed by atoms with Crippen molar-refractivity contribution in [1.82, 2.24) is 4.98 Å². The second-order valence-electron chi connectivity index (χ2n) is 6.30. The smallest absolute Gasteiger partial charge is 0.307 e. The van der Waals surface area contributed by atoms with Crippen LogP contribution in [-0.4, -0.2) is 35.4 Å². The van der Waals surface area contributed by atoms with Gasteiger partial charge in [-0.2, -0.15) is 0 Å². The van der Waals surface area contributed by atoms with E-state index >= 15 is 0 Å². The molecule has 0 aliphatic rings. The fourth-order valence-electron chi connectivity index (χ4n) is 2.85. The van der Waals surface area contributed by atoms with Crippen LogP contribution < -0.4 is 0 Å². The molecule has 0 amide bonds. The summed E-state index contributed by atoms with van der Waals surface area (Å²) in [6, 6.07) is 10.2. The number of rotatable bonds is 6. The van der Waals surface area contributed by atoms with Gasteiger partial charge in [0.2, 0.25) is 9.84 Å². The van der Waals surface area contributed by atoms with Gasteiger partial charge in [-0.25, -0.2) is 8.42 Å². The van der Waals surface area contributed by atoms with Crippen molar-refractivity contribution in [2.75, 3.05) is 0 Å². The van der Waals surface area contributed by atoms with E-state index < -0.39 is 21.6 Å². The highest BCUT2D eigenvalue weighted by Crippen LogP contribution is 2.29. The van der Waals surface area contributed by atoms with Crippen LogP contribution in [0.25, 0.3) is 0 Å². The number of carbonyl (C=O) groups excluding carboxylic acids is 1. The van der Waals surface area contributed by atoms with Crippen molar-refractivity contribution in [2.24, 2.45) is 0 Å². The number of aryl methyl sites for hydroxylation is 1. The molecule has 144 valence electrons. The first-order chi connectivity index (χ1) is 13.2. The van der Waals surface area contributed by atoms with Gasteiger partial charge in [0, 0.05) is 12.4 Å². The number of phenols is 1. The van der Waals surface area contributed by atoms with Gasteiger partial charge in [0.05, 0.1) is 22.4 Å². The van der Waals surface area contributed by atoms with Gasteiger partial charge in [0.1, 0.15) is 10.6 Å². The van der Waals surface area contributed by atoms with Gasteiger partial charge in [-0.05, 0) is 42.3 Å². The summed E-state index contributed by atoms with van der Waals surface area (Å²) in [6.07, 6.45) is 2.12. The van der Waals surface area contributed by atoms with Crippen LogP contribution in [0.15, 0.2) is 64.6 Å². The molecular formula is C20H17NO6S. The van der Waals surface area contributed by atoms with E-state index in [9.17, 15) is 23.1 Å². The van der Waals surface area contributed by atoms with E-state index in [2.05, 4.69) is 4.98 Å². The maximum absolute atomic E-state index is 13.0. The Labute approximate surface area is 161 Å². The first kappa shape index (κ1) is 19.4. The van der Waals surface area contributed by atoms with Crippen LogP contribution in [-0.2, 0) is 21.1 Å². The van der Waals surface area contributed by atoms with Gasteiger partial charge >= 0.3 is 5.97 Å². The molecule has 0 aliphatic carbocycles. The van der Waals surface area contributed by atoms with E-state index in [4.69, 9.17) is 5.11 Å². The number of phenolic OH excluding ortho intramolecular Hbond substituents is 1. The SMILES string of the molecule is Cc1cccc(S(=O)(=O)c2c[nH]cc2C(=O)c2cc(CC(=O)O)ccc2O)c1. The molecular weight excluding hydrogens is 382 g/mol. The lowest BCUT2D eigenvalue weighted by Gasteiger charge is -2.09. The zero-order valence-corrected chi connectivity index (χ0v) is 15.7. The van der Waals surface area contributed by atoms with Crippen LogP contribution in [0.4, 0.5) is 0 Å². The minimum atomic E-state index is -3.97. The highest BCUT2D eigenvalue weighted by atomic mass is 32.2. The number of H-pyrrole nitrogens is 1. The Morgan fingerprint density at radius 3 is 2.46 bits per heavy atom. The number of aliphatic carboxylic acids is 1. The molecule has 0 unspecified atom stereocenters. The zero-order valence-electron chi connectivity index (χ0n) is 14.8. The summed E-state index contributed by atoms with van der Waals surface area (Å²) < 4.78 is 26.0. The summed E-state index contributed by atoms with van der Waals surface area (Å²) in [4.78, 5) is 26.3. The molecule has 1 heterocycles. The third kappa shape index (κ3) is 3.67. The number of carboxylic acids is 1. The molecule has 8 heteroatoms. The Hall–Kier alpha value is -3.39. The molecule has 3 rings (SSSR count). The van der Waals surface area contributed by atoms with Crippen LogP contribution in [0.5, 0.6) is 5.75 Å². The van der Waals surface area contributed by atoms with Crippen LogP contribution in [0.1, 0.15) is 27.0 Å². The van der Waals surface area contributed by atoms with Crippen molar-refractivity contribution in [2.45, 2.75) is 23.1 Å². The number of aromatic amines is 1. The van der Waals surface area contributed by atoms with Gasteiger partial charge in [0.15, 0.2) is 5.78 Å². The Morgan fingerprint density at radius 1 is 1.04 bits per heavy atom. The zero-order chi connectivity index (χ0) is 20.5. The Balaban J connectivity index is 2.07. The second-order valence-corrected chi connectivity index (χ2v) is 8.22. The molecule has 3 aromatic rings. The minimum Gasteiger partial charge on any atom is -0.507 e. The summed E-state index contributed by atoms with van der Waals surface area (Å²) in [6.45, 7) is 1.76. The number of aromatic hydroxyl groups is 1. The molecule has 2 aromatic carbocycles. The topological polar surface area (TPSA) is 125 Å². The van der Waals surface area contributed by atoms with Gasteiger partial charge in [-0.15, -0.1) is 0 Å². The normalized spacial score (nSPS) is 11.3. The summed E-state index contributed by atoms with van der Waals surface area (Å²) in [7, 11) is -3.97. The summed E-state index contributed by atoms with van der Waals surface area (Å²) in [5.74, 6) is -2.18. The van der Waals surface area contributed by atoms with Crippen molar-refractivity contribution in [3.63, 3.8) is 0 Å². The fourth-order valence-corrected chi connectivity index (χ4v) is 4.37. The van der Waals surface area contributed by atoms with E-state index in [-0.39, 0.29) is 33.1 Å². The summed E-state index contributed by atoms with van der Waals surface area (Å²) in [5.41, 5.74) is 0.763. The number of carboxylic acid groups (broad SMARTS) is 1. The van der Waals surface area contributed by atoms with Crippen LogP contribution >= 0.6 is 0 Å². The molecule has 0 bridgehead atoms. The lowest BCUT2D eigenvalue weighted by atomic mass is 10.0. The first-order valence-corrected chi connectivity index (χ1v) is 9.75. The van der Waals surface area contributed by atoms with Gasteiger partial charge in [0.25, 0.3) is 0 Å². The van der Waals surface area contributed by atoms with Gasteiger partial charge in [-0.3, -0.25) is 9.59 Å². The fraction of sp³-hybridized carbons (Fsp3) is 0.100. The Morgan fingerprint density at radius 2 is 1.79 bits per heavy atom. The molecule has 1 aromatic heterocycles. The molecule has 0 aliphatic heterocycles. The lowest BCUT2D eigenvalue weighted by molar-refractivity contribution is -0.136.